The number of carbonyl (C=O) groups is 1. The van der Waals surface area contributed by atoms with Gasteiger partial charge in [0.1, 0.15) is 5.92 Å². The number of nitriles is 1. The number of nitrogens with one attached hydrogen (secondary N) is 1. The van der Waals surface area contributed by atoms with E-state index < -0.39 is 5.92 Å². The molecule has 0 heterocycles. The maximum absolute atomic E-state index is 11.8. The van der Waals surface area contributed by atoms with Crippen LogP contribution in [0.3, 0.4) is 0 Å². The van der Waals surface area contributed by atoms with Crippen molar-refractivity contribution in [1.29, 1.82) is 5.26 Å². The molecule has 0 radical (unpaired) electrons. The van der Waals surface area contributed by atoms with Crippen LogP contribution in [0.15, 0.2) is 24.3 Å². The predicted molar refractivity (Wildman–Crippen MR) is 65.2 cm³/mol. The molecule has 1 N–H and O–H groups in total. The highest BCUT2D eigenvalue weighted by atomic mass is 16.1. The number of amides is 1. The summed E-state index contributed by atoms with van der Waals surface area (Å²) in [5.74, 6) is -0.699. The summed E-state index contributed by atoms with van der Waals surface area (Å²) in [5.41, 5.74) is 2.21. The van der Waals surface area contributed by atoms with Crippen molar-refractivity contribution in [1.82, 2.24) is 5.32 Å². The van der Waals surface area contributed by atoms with Crippen molar-refractivity contribution >= 4 is 5.91 Å². The molecule has 0 spiro atoms. The van der Waals surface area contributed by atoms with Crippen LogP contribution >= 0.6 is 0 Å². The van der Waals surface area contributed by atoms with E-state index >= 15 is 0 Å². The van der Waals surface area contributed by atoms with E-state index in [4.69, 9.17) is 5.26 Å². The molecule has 1 fully saturated rings. The van der Waals surface area contributed by atoms with Crippen LogP contribution in [-0.4, -0.2) is 11.9 Å². The molecule has 1 amide bonds. The third-order valence-corrected chi connectivity index (χ3v) is 3.08. The normalized spacial score (nSPS) is 16.0. The lowest BCUT2D eigenvalue weighted by molar-refractivity contribution is -0.123. The van der Waals surface area contributed by atoms with Crippen molar-refractivity contribution < 1.29 is 4.79 Å². The molecule has 1 saturated carbocycles. The quantitative estimate of drug-likeness (QED) is 0.856. The van der Waals surface area contributed by atoms with Gasteiger partial charge in [-0.15, -0.1) is 0 Å². The standard InChI is InChI=1S/C14H16N2O/c1-10-4-2-3-5-11(10)8-12(9-15)14(17)16-13-6-7-13/h2-5,12-13H,6-8H2,1H3,(H,16,17). The molecule has 0 bridgehead atoms. The molecular formula is C14H16N2O. The van der Waals surface area contributed by atoms with Gasteiger partial charge in [-0.25, -0.2) is 0 Å². The Balaban J connectivity index is 2.02. The minimum Gasteiger partial charge on any atom is -0.352 e. The lowest BCUT2D eigenvalue weighted by atomic mass is 9.96. The van der Waals surface area contributed by atoms with Crippen LogP contribution in [0.25, 0.3) is 0 Å². The third-order valence-electron chi connectivity index (χ3n) is 3.08. The van der Waals surface area contributed by atoms with Crippen LogP contribution in [0.5, 0.6) is 0 Å². The Kier molecular flexibility index (Phi) is 3.43. The van der Waals surface area contributed by atoms with Crippen molar-refractivity contribution in [3.63, 3.8) is 0 Å². The van der Waals surface area contributed by atoms with Gasteiger partial charge in [0.2, 0.25) is 5.91 Å². The molecule has 1 unspecified atom stereocenters. The summed E-state index contributed by atoms with van der Waals surface area (Å²) < 4.78 is 0. The first kappa shape index (κ1) is 11.7. The Morgan fingerprint density at radius 2 is 2.24 bits per heavy atom. The second-order valence-electron chi connectivity index (χ2n) is 4.60. The fraction of sp³-hybridized carbons (Fsp3) is 0.429. The van der Waals surface area contributed by atoms with Crippen LogP contribution in [-0.2, 0) is 11.2 Å². The topological polar surface area (TPSA) is 52.9 Å². The second-order valence-corrected chi connectivity index (χ2v) is 4.60. The summed E-state index contributed by atoms with van der Waals surface area (Å²) in [6.45, 7) is 2.00. The van der Waals surface area contributed by atoms with E-state index in [0.29, 0.717) is 12.5 Å². The summed E-state index contributed by atoms with van der Waals surface area (Å²) in [6.07, 6.45) is 2.60. The van der Waals surface area contributed by atoms with Gasteiger partial charge in [0.15, 0.2) is 0 Å². The van der Waals surface area contributed by atoms with E-state index in [1.54, 1.807) is 0 Å². The summed E-state index contributed by atoms with van der Waals surface area (Å²) in [5, 5.41) is 12.0. The molecule has 2 rings (SSSR count). The first-order chi connectivity index (χ1) is 8.20. The van der Waals surface area contributed by atoms with E-state index in [1.807, 2.05) is 31.2 Å². The van der Waals surface area contributed by atoms with Crippen LogP contribution < -0.4 is 5.32 Å². The molecule has 17 heavy (non-hydrogen) atoms. The molecule has 3 nitrogen and oxygen atoms in total. The van der Waals surface area contributed by atoms with Gasteiger partial charge in [-0.3, -0.25) is 4.79 Å². The summed E-state index contributed by atoms with van der Waals surface area (Å²) in [7, 11) is 0. The number of carbonyl (C=O) groups excluding carboxylic acids is 1. The first-order valence-electron chi connectivity index (χ1n) is 5.95. The lowest BCUT2D eigenvalue weighted by Gasteiger charge is -2.11. The van der Waals surface area contributed by atoms with Crippen molar-refractivity contribution in [2.45, 2.75) is 32.2 Å². The van der Waals surface area contributed by atoms with Crippen LogP contribution in [0.1, 0.15) is 24.0 Å². The molecule has 88 valence electrons. The van der Waals surface area contributed by atoms with E-state index in [-0.39, 0.29) is 5.91 Å². The van der Waals surface area contributed by atoms with Gasteiger partial charge < -0.3 is 5.32 Å². The van der Waals surface area contributed by atoms with Crippen molar-refractivity contribution in [2.75, 3.05) is 0 Å². The number of nitrogens with zero attached hydrogens (tertiary/aromatic N) is 1. The van der Waals surface area contributed by atoms with Gasteiger partial charge in [0, 0.05) is 6.04 Å². The van der Waals surface area contributed by atoms with Crippen LogP contribution in [0.2, 0.25) is 0 Å². The Bertz CT molecular complexity index is 458. The van der Waals surface area contributed by atoms with Crippen LogP contribution in [0, 0.1) is 24.2 Å². The number of rotatable bonds is 4. The fourth-order valence-corrected chi connectivity index (χ4v) is 1.79. The number of hydrogen-bond acceptors (Lipinski definition) is 2. The average molecular weight is 228 g/mol. The van der Waals surface area contributed by atoms with E-state index in [0.717, 1.165) is 24.0 Å². The van der Waals surface area contributed by atoms with Gasteiger partial charge in [-0.1, -0.05) is 24.3 Å². The molecule has 0 saturated heterocycles. The molecule has 1 aliphatic rings. The fourth-order valence-electron chi connectivity index (χ4n) is 1.79. The van der Waals surface area contributed by atoms with E-state index in [9.17, 15) is 4.79 Å². The highest BCUT2D eigenvalue weighted by Crippen LogP contribution is 2.20. The maximum Gasteiger partial charge on any atom is 0.237 e. The van der Waals surface area contributed by atoms with Gasteiger partial charge >= 0.3 is 0 Å². The maximum atomic E-state index is 11.8. The summed E-state index contributed by atoms with van der Waals surface area (Å²) in [4.78, 5) is 11.8. The number of aryl methyl sites for hydroxylation is 1. The third kappa shape index (κ3) is 3.07. The Morgan fingerprint density at radius 1 is 1.53 bits per heavy atom. The first-order valence-corrected chi connectivity index (χ1v) is 5.95. The molecule has 0 aliphatic heterocycles. The molecule has 1 aliphatic carbocycles. The van der Waals surface area contributed by atoms with Crippen molar-refractivity contribution in [3.8, 4) is 6.07 Å². The van der Waals surface area contributed by atoms with Crippen molar-refractivity contribution in [2.24, 2.45) is 5.92 Å². The zero-order valence-electron chi connectivity index (χ0n) is 9.94. The second kappa shape index (κ2) is 5.01. The smallest absolute Gasteiger partial charge is 0.237 e. The Morgan fingerprint density at radius 3 is 2.82 bits per heavy atom. The molecule has 1 aromatic carbocycles. The SMILES string of the molecule is Cc1ccccc1CC(C#N)C(=O)NC1CC1. The minimum atomic E-state index is -0.573. The molecule has 1 atom stereocenters. The highest BCUT2D eigenvalue weighted by Gasteiger charge is 2.27. The highest BCUT2D eigenvalue weighted by molar-refractivity contribution is 5.82. The predicted octanol–water partition coefficient (Wildman–Crippen LogP) is 1.96. The zero-order chi connectivity index (χ0) is 12.3. The van der Waals surface area contributed by atoms with Crippen LogP contribution in [0.4, 0.5) is 0 Å². The average Bonchev–Trinajstić information content (AvgIpc) is 3.11. The van der Waals surface area contributed by atoms with Gasteiger partial charge in [0.05, 0.1) is 6.07 Å². The number of hydrogen-bond donors (Lipinski definition) is 1. The zero-order valence-corrected chi connectivity index (χ0v) is 9.94. The summed E-state index contributed by atoms with van der Waals surface area (Å²) >= 11 is 0. The molecule has 3 heteroatoms. The summed E-state index contributed by atoms with van der Waals surface area (Å²) in [6, 6.07) is 10.3. The van der Waals surface area contributed by atoms with Crippen molar-refractivity contribution in [3.05, 3.63) is 35.4 Å². The lowest BCUT2D eigenvalue weighted by Crippen LogP contribution is -2.32. The van der Waals surface area contributed by atoms with Gasteiger partial charge in [-0.2, -0.15) is 5.26 Å². The monoisotopic (exact) mass is 228 g/mol. The number of benzene rings is 1. The van der Waals surface area contributed by atoms with E-state index in [1.165, 1.54) is 0 Å². The molecule has 1 aromatic rings. The Hall–Kier alpha value is -1.82. The van der Waals surface area contributed by atoms with Gasteiger partial charge in [0.25, 0.3) is 0 Å². The Labute approximate surface area is 101 Å². The minimum absolute atomic E-state index is 0.127. The molecule has 0 aromatic heterocycles. The van der Waals surface area contributed by atoms with Gasteiger partial charge in [-0.05, 0) is 37.3 Å². The molecular weight excluding hydrogens is 212 g/mol. The largest absolute Gasteiger partial charge is 0.352 e. The van der Waals surface area contributed by atoms with E-state index in [2.05, 4.69) is 11.4 Å².